The molecule has 1 amide bonds. The van der Waals surface area contributed by atoms with Gasteiger partial charge in [-0.1, -0.05) is 6.42 Å². The molecule has 4 rings (SSSR count). The molecule has 1 N–H and O–H groups in total. The van der Waals surface area contributed by atoms with Crippen molar-refractivity contribution in [1.82, 2.24) is 19.8 Å². The Bertz CT molecular complexity index is 907. The lowest BCUT2D eigenvalue weighted by Gasteiger charge is -2.16. The molecule has 1 atom stereocenters. The second-order valence-corrected chi connectivity index (χ2v) is 8.49. The molecule has 6 nitrogen and oxygen atoms in total. The summed E-state index contributed by atoms with van der Waals surface area (Å²) < 4.78 is 1.84. The van der Waals surface area contributed by atoms with Crippen molar-refractivity contribution in [3.63, 3.8) is 0 Å². The maximum absolute atomic E-state index is 13.1. The number of nitrogens with one attached hydrogen (secondary N) is 1. The lowest BCUT2D eigenvalue weighted by atomic mass is 10.1. The minimum atomic E-state index is 0. The first-order valence-corrected chi connectivity index (χ1v) is 10.4. The number of carbonyl (C=O) groups is 1. The van der Waals surface area contributed by atoms with Crippen molar-refractivity contribution < 1.29 is 4.79 Å². The molecule has 2 aliphatic rings. The third-order valence-corrected chi connectivity index (χ3v) is 6.85. The summed E-state index contributed by atoms with van der Waals surface area (Å²) in [5.41, 5.74) is 0.846. The van der Waals surface area contributed by atoms with Gasteiger partial charge in [0.2, 0.25) is 0 Å². The zero-order chi connectivity index (χ0) is 18.3. The van der Waals surface area contributed by atoms with Crippen LogP contribution in [-0.2, 0) is 13.0 Å². The van der Waals surface area contributed by atoms with Crippen molar-refractivity contribution in [2.45, 2.75) is 45.6 Å². The Morgan fingerprint density at radius 3 is 2.89 bits per heavy atom. The zero-order valence-corrected chi connectivity index (χ0v) is 17.5. The Morgan fingerprint density at radius 1 is 1.30 bits per heavy atom. The number of rotatable bonds is 3. The first-order valence-electron chi connectivity index (χ1n) is 9.57. The number of thiophene rings is 1. The molecule has 0 aromatic carbocycles. The van der Waals surface area contributed by atoms with E-state index in [1.807, 2.05) is 23.4 Å². The van der Waals surface area contributed by atoms with Gasteiger partial charge in [0.25, 0.3) is 11.5 Å². The van der Waals surface area contributed by atoms with E-state index in [1.54, 1.807) is 0 Å². The third kappa shape index (κ3) is 3.65. The lowest BCUT2D eigenvalue weighted by Crippen LogP contribution is -2.30. The van der Waals surface area contributed by atoms with Crippen LogP contribution in [0.4, 0.5) is 0 Å². The molecule has 0 aliphatic carbocycles. The number of hydrogen-bond acceptors (Lipinski definition) is 5. The van der Waals surface area contributed by atoms with Gasteiger partial charge in [0.15, 0.2) is 0 Å². The topological polar surface area (TPSA) is 67.2 Å². The van der Waals surface area contributed by atoms with Gasteiger partial charge in [-0.2, -0.15) is 0 Å². The van der Waals surface area contributed by atoms with Crippen LogP contribution in [0.2, 0.25) is 0 Å². The average molecular weight is 411 g/mol. The van der Waals surface area contributed by atoms with Crippen LogP contribution in [0.15, 0.2) is 4.79 Å². The highest BCUT2D eigenvalue weighted by Crippen LogP contribution is 2.30. The molecule has 1 fully saturated rings. The monoisotopic (exact) mass is 410 g/mol. The van der Waals surface area contributed by atoms with Crippen molar-refractivity contribution in [2.75, 3.05) is 26.7 Å². The van der Waals surface area contributed by atoms with Gasteiger partial charge in [0, 0.05) is 26.1 Å². The molecule has 0 saturated carbocycles. The predicted octanol–water partition coefficient (Wildman–Crippen LogP) is 2.60. The van der Waals surface area contributed by atoms with Gasteiger partial charge >= 0.3 is 0 Å². The van der Waals surface area contributed by atoms with Crippen LogP contribution in [0.3, 0.4) is 0 Å². The smallest absolute Gasteiger partial charge is 0.264 e. The largest absolute Gasteiger partial charge is 0.338 e. The minimum Gasteiger partial charge on any atom is -0.338 e. The number of hydrogen-bond donors (Lipinski definition) is 1. The Hall–Kier alpha value is -1.44. The number of amides is 1. The van der Waals surface area contributed by atoms with E-state index in [4.69, 9.17) is 4.98 Å². The van der Waals surface area contributed by atoms with E-state index in [0.29, 0.717) is 16.2 Å². The molecule has 1 saturated heterocycles. The second-order valence-electron chi connectivity index (χ2n) is 7.50. The maximum atomic E-state index is 13.1. The fourth-order valence-electron chi connectivity index (χ4n) is 4.23. The summed E-state index contributed by atoms with van der Waals surface area (Å²) in [5, 5.41) is 3.84. The molecule has 0 spiro atoms. The Kier molecular flexibility index (Phi) is 6.23. The fraction of sp³-hybridized carbons (Fsp3) is 0.632. The van der Waals surface area contributed by atoms with Crippen LogP contribution >= 0.6 is 23.7 Å². The van der Waals surface area contributed by atoms with Crippen LogP contribution in [0.1, 0.15) is 46.7 Å². The van der Waals surface area contributed by atoms with Crippen molar-refractivity contribution in [1.29, 1.82) is 0 Å². The van der Waals surface area contributed by atoms with Gasteiger partial charge in [-0.05, 0) is 51.3 Å². The van der Waals surface area contributed by atoms with Crippen molar-refractivity contribution >= 4 is 39.9 Å². The standard InChI is InChI=1S/C19H26N4O2S.ClH/c1-12-15-17(21-14-6-4-3-5-8-23(14)18(15)24)26-16(12)19(25)22-9-7-13(11-22)10-20-2;/h13,20H,3-11H2,1-2H3;1H. The molecule has 2 aromatic heterocycles. The molecule has 2 aliphatic heterocycles. The van der Waals surface area contributed by atoms with E-state index in [2.05, 4.69) is 5.32 Å². The summed E-state index contributed by atoms with van der Waals surface area (Å²) in [6, 6.07) is 0. The highest BCUT2D eigenvalue weighted by Gasteiger charge is 2.30. The Balaban J connectivity index is 0.00000210. The lowest BCUT2D eigenvalue weighted by molar-refractivity contribution is 0.0791. The summed E-state index contributed by atoms with van der Waals surface area (Å²) in [7, 11) is 1.95. The first-order chi connectivity index (χ1) is 12.6. The summed E-state index contributed by atoms with van der Waals surface area (Å²) in [6.45, 7) is 5.16. The normalized spacial score (nSPS) is 19.6. The number of aromatic nitrogens is 2. The second kappa shape index (κ2) is 8.29. The van der Waals surface area contributed by atoms with Crippen molar-refractivity contribution in [2.24, 2.45) is 5.92 Å². The molecule has 27 heavy (non-hydrogen) atoms. The van der Waals surface area contributed by atoms with Crippen molar-refractivity contribution in [3.8, 4) is 0 Å². The van der Waals surface area contributed by atoms with Crippen LogP contribution in [0.25, 0.3) is 10.2 Å². The zero-order valence-electron chi connectivity index (χ0n) is 15.9. The number of halogens is 1. The molecule has 4 heterocycles. The van der Waals surface area contributed by atoms with E-state index in [-0.39, 0.29) is 23.9 Å². The first kappa shape index (κ1) is 20.3. The van der Waals surface area contributed by atoms with Gasteiger partial charge in [0.05, 0.1) is 10.3 Å². The van der Waals surface area contributed by atoms with Crippen LogP contribution < -0.4 is 10.9 Å². The quantitative estimate of drug-likeness (QED) is 0.844. The highest BCUT2D eigenvalue weighted by atomic mass is 35.5. The number of aryl methyl sites for hydroxylation is 2. The number of likely N-dealkylation sites (tertiary alicyclic amines) is 1. The molecule has 0 bridgehead atoms. The van der Waals surface area contributed by atoms with Gasteiger partial charge < -0.3 is 10.2 Å². The molecular weight excluding hydrogens is 384 g/mol. The number of fused-ring (bicyclic) bond motifs is 2. The van der Waals surface area contributed by atoms with Crippen LogP contribution in [-0.4, -0.2) is 47.0 Å². The van der Waals surface area contributed by atoms with E-state index in [0.717, 1.165) is 74.5 Å². The predicted molar refractivity (Wildman–Crippen MR) is 111 cm³/mol. The number of nitrogens with zero attached hydrogens (tertiary/aromatic N) is 3. The van der Waals surface area contributed by atoms with Gasteiger partial charge in [-0.15, -0.1) is 23.7 Å². The van der Waals surface area contributed by atoms with Crippen LogP contribution in [0.5, 0.6) is 0 Å². The molecule has 0 radical (unpaired) electrons. The maximum Gasteiger partial charge on any atom is 0.264 e. The molecule has 8 heteroatoms. The molecule has 148 valence electrons. The van der Waals surface area contributed by atoms with Crippen molar-refractivity contribution in [3.05, 3.63) is 26.6 Å². The molecular formula is C19H27ClN4O2S. The molecule has 2 aromatic rings. The molecule has 1 unspecified atom stereocenters. The highest BCUT2D eigenvalue weighted by molar-refractivity contribution is 7.20. The average Bonchev–Trinajstić information content (AvgIpc) is 3.13. The van der Waals surface area contributed by atoms with Gasteiger partial charge in [0.1, 0.15) is 10.7 Å². The third-order valence-electron chi connectivity index (χ3n) is 5.67. The SMILES string of the molecule is CNCC1CCN(C(=O)c2sc3nc4n(c(=O)c3c2C)CCCCC4)C1.Cl. The fourth-order valence-corrected chi connectivity index (χ4v) is 5.39. The van der Waals surface area contributed by atoms with Gasteiger partial charge in [-0.3, -0.25) is 14.2 Å². The van der Waals surface area contributed by atoms with Crippen LogP contribution in [0, 0.1) is 12.8 Å². The minimum absolute atomic E-state index is 0. The van der Waals surface area contributed by atoms with E-state index in [1.165, 1.54) is 11.3 Å². The number of carbonyl (C=O) groups excluding carboxylic acids is 1. The Labute approximate surface area is 169 Å². The van der Waals surface area contributed by atoms with Gasteiger partial charge in [-0.25, -0.2) is 4.98 Å². The Morgan fingerprint density at radius 2 is 2.11 bits per heavy atom. The van der Waals surface area contributed by atoms with E-state index in [9.17, 15) is 9.59 Å². The summed E-state index contributed by atoms with van der Waals surface area (Å²) in [4.78, 5) is 34.2. The summed E-state index contributed by atoms with van der Waals surface area (Å²) >= 11 is 1.40. The van der Waals surface area contributed by atoms with E-state index >= 15 is 0 Å². The summed E-state index contributed by atoms with van der Waals surface area (Å²) in [6.07, 6.45) is 5.13. The van der Waals surface area contributed by atoms with E-state index < -0.39 is 0 Å². The summed E-state index contributed by atoms with van der Waals surface area (Å²) in [5.74, 6) is 1.46.